The highest BCUT2D eigenvalue weighted by atomic mass is 19.1. The van der Waals surface area contributed by atoms with E-state index in [0.29, 0.717) is 24.4 Å². The van der Waals surface area contributed by atoms with Gasteiger partial charge in [-0.25, -0.2) is 9.18 Å². The monoisotopic (exact) mass is 487 g/mol. The Bertz CT molecular complexity index is 1540. The Morgan fingerprint density at radius 3 is 2.50 bits per heavy atom. The highest BCUT2D eigenvalue weighted by molar-refractivity contribution is 6.06. The molecule has 3 aromatic carbocycles. The van der Waals surface area contributed by atoms with E-state index in [4.69, 9.17) is 4.74 Å². The number of H-pyrrole nitrogens is 1. The predicted octanol–water partition coefficient (Wildman–Crippen LogP) is 5.72. The third-order valence-corrected chi connectivity index (χ3v) is 6.70. The van der Waals surface area contributed by atoms with Crippen molar-refractivity contribution >= 4 is 27.8 Å². The minimum absolute atomic E-state index is 0.171. The van der Waals surface area contributed by atoms with Crippen molar-refractivity contribution in [3.8, 4) is 16.8 Å². The van der Waals surface area contributed by atoms with Gasteiger partial charge in [0.15, 0.2) is 0 Å². The van der Waals surface area contributed by atoms with Gasteiger partial charge in [-0.2, -0.15) is 5.10 Å². The first-order chi connectivity index (χ1) is 17.4. The Kier molecular flexibility index (Phi) is 6.30. The summed E-state index contributed by atoms with van der Waals surface area (Å²) in [6, 6.07) is 16.7. The third kappa shape index (κ3) is 4.04. The molecule has 0 amide bonds. The molecule has 3 N–H and O–H groups in total. The van der Waals surface area contributed by atoms with Gasteiger partial charge in [0.05, 0.1) is 41.2 Å². The highest BCUT2D eigenvalue weighted by Crippen LogP contribution is 2.43. The first-order valence-electron chi connectivity index (χ1n) is 11.7. The topological polar surface area (TPSA) is 100 Å². The smallest absolute Gasteiger partial charge is 0.335 e. The fourth-order valence-electron chi connectivity index (χ4n) is 4.85. The van der Waals surface area contributed by atoms with Crippen LogP contribution in [0.1, 0.15) is 35.5 Å². The maximum atomic E-state index is 13.9. The molecular formula is C28H26FN3O4. The third-order valence-electron chi connectivity index (χ3n) is 6.70. The number of aromatic carboxylic acids is 1. The number of carboxylic acids is 1. The molecule has 0 aliphatic heterocycles. The van der Waals surface area contributed by atoms with Crippen LogP contribution in [0.4, 0.5) is 4.39 Å². The second-order valence-corrected chi connectivity index (χ2v) is 8.85. The Labute approximate surface area is 206 Å². The average molecular weight is 488 g/mol. The van der Waals surface area contributed by atoms with Crippen LogP contribution >= 0.6 is 0 Å². The summed E-state index contributed by atoms with van der Waals surface area (Å²) in [6.45, 7) is 2.35. The van der Waals surface area contributed by atoms with Crippen LogP contribution in [0.5, 0.6) is 0 Å². The maximum Gasteiger partial charge on any atom is 0.335 e. The van der Waals surface area contributed by atoms with Crippen molar-refractivity contribution < 1.29 is 24.1 Å². The van der Waals surface area contributed by atoms with Crippen molar-refractivity contribution in [3.63, 3.8) is 0 Å². The van der Waals surface area contributed by atoms with Crippen LogP contribution in [0.25, 0.3) is 38.6 Å². The number of nitrogens with one attached hydrogen (secondary N) is 1. The normalized spacial score (nSPS) is 13.3. The van der Waals surface area contributed by atoms with E-state index in [-0.39, 0.29) is 17.3 Å². The first-order valence-corrected chi connectivity index (χ1v) is 11.7. The number of hydrogen-bond donors (Lipinski definition) is 3. The summed E-state index contributed by atoms with van der Waals surface area (Å²) in [4.78, 5) is 11.5. The number of rotatable bonds is 8. The fraction of sp³-hybridized carbons (Fsp3) is 0.214. The number of aromatic amines is 1. The summed E-state index contributed by atoms with van der Waals surface area (Å²) in [5.41, 5.74) is 4.66. The molecule has 184 valence electrons. The van der Waals surface area contributed by atoms with Crippen LogP contribution in [0.15, 0.2) is 66.9 Å². The first kappa shape index (κ1) is 23.7. The quantitative estimate of drug-likeness (QED) is 0.260. The summed E-state index contributed by atoms with van der Waals surface area (Å²) in [6.07, 6.45) is 1.48. The molecule has 0 radical (unpaired) electrons. The minimum Gasteiger partial charge on any atom is -0.478 e. The summed E-state index contributed by atoms with van der Waals surface area (Å²) in [5.74, 6) is -1.58. The van der Waals surface area contributed by atoms with Crippen LogP contribution in [0.2, 0.25) is 0 Å². The molecule has 0 saturated heterocycles. The van der Waals surface area contributed by atoms with Crippen molar-refractivity contribution in [2.75, 3.05) is 13.7 Å². The standard InChI is InChI=1S/C28H26FN3O4/c1-3-16(15-36-2)27(33)26-25(17-4-6-18(7-5-17)28(34)35)22-13-23-19(14-30-31-23)12-24(22)32(26)21-10-8-20(29)9-11-21/h4-14,16,27,33H,3,15H2,1-2H3,(H,30,31)(H,34,35). The average Bonchev–Trinajstić information content (AvgIpc) is 3.47. The molecule has 2 atom stereocenters. The second kappa shape index (κ2) is 9.56. The lowest BCUT2D eigenvalue weighted by atomic mass is 9.91. The van der Waals surface area contributed by atoms with E-state index in [1.807, 2.05) is 23.6 Å². The molecule has 7 nitrogen and oxygen atoms in total. The second-order valence-electron chi connectivity index (χ2n) is 8.85. The van der Waals surface area contributed by atoms with E-state index in [0.717, 1.165) is 32.9 Å². The van der Waals surface area contributed by atoms with Crippen molar-refractivity contribution in [2.24, 2.45) is 5.92 Å². The lowest BCUT2D eigenvalue weighted by Gasteiger charge is -2.24. The molecule has 0 saturated carbocycles. The molecule has 2 unspecified atom stereocenters. The number of aliphatic hydroxyl groups is 1. The van der Waals surface area contributed by atoms with E-state index in [1.54, 1.807) is 49.7 Å². The number of carboxylic acid groups (broad SMARTS) is 1. The SMILES string of the molecule is CCC(COC)C(O)c1c(-c2ccc(C(=O)O)cc2)c2cc3[nH]ncc3cc2n1-c1ccc(F)cc1. The van der Waals surface area contributed by atoms with Gasteiger partial charge in [0.1, 0.15) is 5.82 Å². The van der Waals surface area contributed by atoms with Crippen molar-refractivity contribution in [3.05, 3.63) is 83.9 Å². The van der Waals surface area contributed by atoms with Crippen LogP contribution in [0.3, 0.4) is 0 Å². The summed E-state index contributed by atoms with van der Waals surface area (Å²) >= 11 is 0. The van der Waals surface area contributed by atoms with Gasteiger partial charge in [0.25, 0.3) is 0 Å². The summed E-state index contributed by atoms with van der Waals surface area (Å²) in [7, 11) is 1.60. The molecule has 0 bridgehead atoms. The zero-order valence-electron chi connectivity index (χ0n) is 19.9. The summed E-state index contributed by atoms with van der Waals surface area (Å²) in [5, 5.41) is 30.1. The van der Waals surface area contributed by atoms with Gasteiger partial charge >= 0.3 is 5.97 Å². The van der Waals surface area contributed by atoms with Crippen LogP contribution < -0.4 is 0 Å². The van der Waals surface area contributed by atoms with E-state index in [9.17, 15) is 19.4 Å². The minimum atomic E-state index is -1.01. The Morgan fingerprint density at radius 1 is 1.14 bits per heavy atom. The number of halogens is 1. The molecule has 2 heterocycles. The zero-order valence-corrected chi connectivity index (χ0v) is 19.9. The molecule has 0 spiro atoms. The van der Waals surface area contributed by atoms with Gasteiger partial charge in [-0.15, -0.1) is 0 Å². The Balaban J connectivity index is 1.89. The molecule has 0 aliphatic rings. The number of hydrogen-bond acceptors (Lipinski definition) is 4. The van der Waals surface area contributed by atoms with Crippen molar-refractivity contribution in [1.82, 2.24) is 14.8 Å². The number of ether oxygens (including phenoxy) is 1. The molecule has 0 fully saturated rings. The molecule has 8 heteroatoms. The largest absolute Gasteiger partial charge is 0.478 e. The molecule has 0 aliphatic carbocycles. The fourth-order valence-corrected chi connectivity index (χ4v) is 4.85. The number of aliphatic hydroxyl groups excluding tert-OH is 1. The highest BCUT2D eigenvalue weighted by Gasteiger charge is 2.30. The zero-order chi connectivity index (χ0) is 25.4. The van der Waals surface area contributed by atoms with Crippen molar-refractivity contribution in [1.29, 1.82) is 0 Å². The van der Waals surface area contributed by atoms with E-state index in [2.05, 4.69) is 10.2 Å². The van der Waals surface area contributed by atoms with Crippen molar-refractivity contribution in [2.45, 2.75) is 19.4 Å². The van der Waals surface area contributed by atoms with Gasteiger partial charge in [0.2, 0.25) is 0 Å². The van der Waals surface area contributed by atoms with Gasteiger partial charge in [-0.05, 0) is 60.5 Å². The number of benzene rings is 3. The predicted molar refractivity (Wildman–Crippen MR) is 136 cm³/mol. The maximum absolute atomic E-state index is 13.9. The Morgan fingerprint density at radius 2 is 1.86 bits per heavy atom. The molecule has 2 aromatic heterocycles. The Hall–Kier alpha value is -4.01. The van der Waals surface area contributed by atoms with Gasteiger partial charge in [0, 0.05) is 35.1 Å². The van der Waals surface area contributed by atoms with Crippen LogP contribution in [-0.2, 0) is 4.74 Å². The molecular weight excluding hydrogens is 461 g/mol. The molecule has 5 rings (SSSR count). The van der Waals surface area contributed by atoms with Crippen LogP contribution in [0, 0.1) is 11.7 Å². The van der Waals surface area contributed by atoms with E-state index < -0.39 is 12.1 Å². The van der Waals surface area contributed by atoms with Gasteiger partial charge in [-0.1, -0.05) is 19.1 Å². The number of fused-ring (bicyclic) bond motifs is 2. The van der Waals surface area contributed by atoms with E-state index in [1.165, 1.54) is 12.1 Å². The number of nitrogens with zero attached hydrogens (tertiary/aromatic N) is 2. The van der Waals surface area contributed by atoms with E-state index >= 15 is 0 Å². The number of methoxy groups -OCH3 is 1. The molecule has 36 heavy (non-hydrogen) atoms. The number of carbonyl (C=O) groups is 1. The lowest BCUT2D eigenvalue weighted by molar-refractivity contribution is 0.0424. The van der Waals surface area contributed by atoms with Crippen LogP contribution in [-0.4, -0.2) is 44.7 Å². The number of aromatic nitrogens is 3. The molecule has 5 aromatic rings. The van der Waals surface area contributed by atoms with Gasteiger partial charge < -0.3 is 19.5 Å². The van der Waals surface area contributed by atoms with Gasteiger partial charge in [-0.3, -0.25) is 5.10 Å². The lowest BCUT2D eigenvalue weighted by Crippen LogP contribution is -2.20. The summed E-state index contributed by atoms with van der Waals surface area (Å²) < 4.78 is 21.2.